The van der Waals surface area contributed by atoms with E-state index in [0.717, 1.165) is 16.8 Å². The van der Waals surface area contributed by atoms with Gasteiger partial charge in [-0.05, 0) is 61.9 Å². The van der Waals surface area contributed by atoms with E-state index in [0.29, 0.717) is 38.6 Å². The van der Waals surface area contributed by atoms with Crippen molar-refractivity contribution in [2.24, 2.45) is 7.05 Å². The Morgan fingerprint density at radius 3 is 2.43 bits per heavy atom. The number of hydrogen-bond acceptors (Lipinski definition) is 4. The standard InChI is InChI=1S/C22H19Cl2N5O/c1-12-9-13(2)25-19(10-12)27-21(30)14-7-8-18-17(11-14)26-22(29(18)3)28-20-15(23)5-4-6-16(20)24/h4-11H,1-3H3,(H,26,28)(H,25,27,30). The molecule has 8 heteroatoms. The Kier molecular flexibility index (Phi) is 5.37. The van der Waals surface area contributed by atoms with Crippen LogP contribution in [-0.2, 0) is 7.05 Å². The minimum atomic E-state index is -0.247. The van der Waals surface area contributed by atoms with E-state index < -0.39 is 0 Å². The van der Waals surface area contributed by atoms with Gasteiger partial charge in [-0.25, -0.2) is 9.97 Å². The number of benzene rings is 2. The van der Waals surface area contributed by atoms with E-state index in [4.69, 9.17) is 23.2 Å². The normalized spacial score (nSPS) is 11.0. The van der Waals surface area contributed by atoms with Crippen LogP contribution in [-0.4, -0.2) is 20.4 Å². The molecule has 0 aliphatic heterocycles. The first-order valence-electron chi connectivity index (χ1n) is 9.26. The molecule has 30 heavy (non-hydrogen) atoms. The second kappa shape index (κ2) is 7.97. The zero-order chi connectivity index (χ0) is 21.4. The summed E-state index contributed by atoms with van der Waals surface area (Å²) in [6.45, 7) is 3.85. The van der Waals surface area contributed by atoms with Crippen molar-refractivity contribution in [1.29, 1.82) is 0 Å². The number of anilines is 3. The lowest BCUT2D eigenvalue weighted by Crippen LogP contribution is -2.13. The van der Waals surface area contributed by atoms with Gasteiger partial charge in [0, 0.05) is 18.3 Å². The lowest BCUT2D eigenvalue weighted by atomic mass is 10.2. The SMILES string of the molecule is Cc1cc(C)nc(NC(=O)c2ccc3c(c2)nc(Nc2c(Cl)cccc2Cl)n3C)c1. The van der Waals surface area contributed by atoms with Crippen molar-refractivity contribution in [1.82, 2.24) is 14.5 Å². The third-order valence-electron chi connectivity index (χ3n) is 4.68. The van der Waals surface area contributed by atoms with Crippen molar-refractivity contribution in [3.63, 3.8) is 0 Å². The van der Waals surface area contributed by atoms with Gasteiger partial charge in [-0.15, -0.1) is 0 Å². The van der Waals surface area contributed by atoms with Gasteiger partial charge in [0.15, 0.2) is 0 Å². The highest BCUT2D eigenvalue weighted by Crippen LogP contribution is 2.33. The second-order valence-electron chi connectivity index (χ2n) is 7.04. The van der Waals surface area contributed by atoms with Gasteiger partial charge in [0.2, 0.25) is 5.95 Å². The number of aromatic nitrogens is 3. The van der Waals surface area contributed by atoms with Crippen molar-refractivity contribution >= 4 is 57.6 Å². The molecule has 2 heterocycles. The molecule has 0 aliphatic carbocycles. The predicted molar refractivity (Wildman–Crippen MR) is 122 cm³/mol. The summed E-state index contributed by atoms with van der Waals surface area (Å²) in [6.07, 6.45) is 0. The largest absolute Gasteiger partial charge is 0.323 e. The fourth-order valence-corrected chi connectivity index (χ4v) is 3.77. The number of carbonyl (C=O) groups is 1. The summed E-state index contributed by atoms with van der Waals surface area (Å²) in [6, 6.07) is 14.4. The smallest absolute Gasteiger partial charge is 0.256 e. The van der Waals surface area contributed by atoms with Crippen molar-refractivity contribution < 1.29 is 4.79 Å². The van der Waals surface area contributed by atoms with E-state index in [9.17, 15) is 4.79 Å². The maximum atomic E-state index is 12.7. The van der Waals surface area contributed by atoms with Crippen molar-refractivity contribution in [3.05, 3.63) is 75.4 Å². The molecule has 0 unspecified atom stereocenters. The summed E-state index contributed by atoms with van der Waals surface area (Å²) >= 11 is 12.5. The van der Waals surface area contributed by atoms with E-state index in [2.05, 4.69) is 20.6 Å². The number of para-hydroxylation sites is 1. The predicted octanol–water partition coefficient (Wildman–Crippen LogP) is 5.89. The minimum Gasteiger partial charge on any atom is -0.323 e. The monoisotopic (exact) mass is 439 g/mol. The molecule has 0 aliphatic rings. The maximum absolute atomic E-state index is 12.7. The zero-order valence-electron chi connectivity index (χ0n) is 16.6. The molecule has 152 valence electrons. The number of halogens is 2. The Hall–Kier alpha value is -3.09. The van der Waals surface area contributed by atoms with Gasteiger partial charge in [0.25, 0.3) is 5.91 Å². The Balaban J connectivity index is 1.64. The van der Waals surface area contributed by atoms with Crippen LogP contribution in [0.2, 0.25) is 10.0 Å². The van der Waals surface area contributed by atoms with Gasteiger partial charge in [0.05, 0.1) is 26.8 Å². The van der Waals surface area contributed by atoms with Gasteiger partial charge < -0.3 is 15.2 Å². The first-order valence-corrected chi connectivity index (χ1v) is 10.0. The molecule has 2 N–H and O–H groups in total. The number of rotatable bonds is 4. The number of fused-ring (bicyclic) bond motifs is 1. The highest BCUT2D eigenvalue weighted by Gasteiger charge is 2.14. The van der Waals surface area contributed by atoms with Gasteiger partial charge in [-0.1, -0.05) is 29.3 Å². The fourth-order valence-electron chi connectivity index (χ4n) is 3.28. The van der Waals surface area contributed by atoms with Crippen LogP contribution in [0.15, 0.2) is 48.5 Å². The number of imidazole rings is 1. The summed E-state index contributed by atoms with van der Waals surface area (Å²) in [5, 5.41) is 7.01. The Morgan fingerprint density at radius 2 is 1.73 bits per heavy atom. The quantitative estimate of drug-likeness (QED) is 0.415. The highest BCUT2D eigenvalue weighted by molar-refractivity contribution is 6.39. The Labute approximate surface area is 183 Å². The summed E-state index contributed by atoms with van der Waals surface area (Å²) < 4.78 is 1.88. The van der Waals surface area contributed by atoms with Crippen LogP contribution in [0.25, 0.3) is 11.0 Å². The molecule has 4 aromatic rings. The van der Waals surface area contributed by atoms with Crippen molar-refractivity contribution in [2.75, 3.05) is 10.6 Å². The molecule has 0 fully saturated rings. The lowest BCUT2D eigenvalue weighted by Gasteiger charge is -2.09. The third-order valence-corrected chi connectivity index (χ3v) is 5.31. The second-order valence-corrected chi connectivity index (χ2v) is 7.86. The molecular weight excluding hydrogens is 421 g/mol. The molecule has 0 atom stereocenters. The average molecular weight is 440 g/mol. The summed E-state index contributed by atoms with van der Waals surface area (Å²) in [5.74, 6) is 0.839. The van der Waals surface area contributed by atoms with Crippen molar-refractivity contribution in [2.45, 2.75) is 13.8 Å². The van der Waals surface area contributed by atoms with Gasteiger partial charge in [-0.2, -0.15) is 0 Å². The molecule has 0 bridgehead atoms. The fraction of sp³-hybridized carbons (Fsp3) is 0.136. The lowest BCUT2D eigenvalue weighted by molar-refractivity contribution is 0.102. The van der Waals surface area contributed by atoms with E-state index in [-0.39, 0.29) is 5.91 Å². The summed E-state index contributed by atoms with van der Waals surface area (Å²) in [5.41, 5.74) is 4.49. The molecular formula is C22H19Cl2N5O. The van der Waals surface area contributed by atoms with Crippen molar-refractivity contribution in [3.8, 4) is 0 Å². The molecule has 0 spiro atoms. The van der Waals surface area contributed by atoms with Crippen LogP contribution in [0.3, 0.4) is 0 Å². The van der Waals surface area contributed by atoms with Crippen LogP contribution < -0.4 is 10.6 Å². The average Bonchev–Trinajstić information content (AvgIpc) is 2.99. The molecule has 0 saturated carbocycles. The van der Waals surface area contributed by atoms with Crippen LogP contribution in [0.1, 0.15) is 21.6 Å². The molecule has 4 rings (SSSR count). The summed E-state index contributed by atoms with van der Waals surface area (Å²) in [4.78, 5) is 21.7. The first kappa shape index (κ1) is 20.2. The first-order chi connectivity index (χ1) is 14.3. The zero-order valence-corrected chi connectivity index (χ0v) is 18.1. The van der Waals surface area contributed by atoms with Gasteiger partial charge in [-0.3, -0.25) is 4.79 Å². The van der Waals surface area contributed by atoms with E-state index in [1.54, 1.807) is 30.3 Å². The number of nitrogens with zero attached hydrogens (tertiary/aromatic N) is 3. The number of nitrogens with one attached hydrogen (secondary N) is 2. The number of amides is 1. The molecule has 0 saturated heterocycles. The van der Waals surface area contributed by atoms with E-state index in [1.165, 1.54) is 0 Å². The molecule has 2 aromatic heterocycles. The van der Waals surface area contributed by atoms with Crippen LogP contribution >= 0.6 is 23.2 Å². The molecule has 1 amide bonds. The maximum Gasteiger partial charge on any atom is 0.256 e. The third kappa shape index (κ3) is 3.97. The van der Waals surface area contributed by atoms with E-state index in [1.807, 2.05) is 43.7 Å². The van der Waals surface area contributed by atoms with Crippen LogP contribution in [0.5, 0.6) is 0 Å². The van der Waals surface area contributed by atoms with Gasteiger partial charge >= 0.3 is 0 Å². The van der Waals surface area contributed by atoms with Crippen LogP contribution in [0, 0.1) is 13.8 Å². The van der Waals surface area contributed by atoms with E-state index >= 15 is 0 Å². The number of pyridine rings is 1. The molecule has 2 aromatic carbocycles. The number of carbonyl (C=O) groups excluding carboxylic acids is 1. The minimum absolute atomic E-state index is 0.247. The Bertz CT molecular complexity index is 1240. The number of hydrogen-bond donors (Lipinski definition) is 2. The summed E-state index contributed by atoms with van der Waals surface area (Å²) in [7, 11) is 1.88. The molecule has 0 radical (unpaired) electrons. The number of aryl methyl sites for hydroxylation is 3. The van der Waals surface area contributed by atoms with Gasteiger partial charge in [0.1, 0.15) is 5.82 Å². The Morgan fingerprint density at radius 1 is 1.00 bits per heavy atom. The topological polar surface area (TPSA) is 71.8 Å². The highest BCUT2D eigenvalue weighted by atomic mass is 35.5. The van der Waals surface area contributed by atoms with Crippen LogP contribution in [0.4, 0.5) is 17.5 Å². The molecule has 6 nitrogen and oxygen atoms in total.